The first-order valence-electron chi connectivity index (χ1n) is 6.72. The Morgan fingerprint density at radius 3 is 2.65 bits per heavy atom. The molecule has 0 amide bonds. The molecule has 1 aromatic carbocycles. The number of carbonyl (C=O) groups excluding carboxylic acids is 1. The van der Waals surface area contributed by atoms with Gasteiger partial charge in [0.25, 0.3) is 5.69 Å². The summed E-state index contributed by atoms with van der Waals surface area (Å²) in [7, 11) is 2.07. The van der Waals surface area contributed by atoms with E-state index in [4.69, 9.17) is 0 Å². The number of anilines is 1. The molecule has 1 heterocycles. The summed E-state index contributed by atoms with van der Waals surface area (Å²) in [5, 5.41) is 11.1. The highest BCUT2D eigenvalue weighted by atomic mass is 16.6. The number of hydrogen-bond donors (Lipinski definition) is 0. The first-order chi connectivity index (χ1) is 9.49. The van der Waals surface area contributed by atoms with Crippen molar-refractivity contribution in [1.82, 2.24) is 4.90 Å². The number of hydrogen-bond acceptors (Lipinski definition) is 5. The first-order valence-corrected chi connectivity index (χ1v) is 6.72. The number of nitro groups is 1. The minimum atomic E-state index is -0.482. The lowest BCUT2D eigenvalue weighted by molar-refractivity contribution is -0.385. The van der Waals surface area contributed by atoms with Gasteiger partial charge in [-0.15, -0.1) is 0 Å². The summed E-state index contributed by atoms with van der Waals surface area (Å²) in [5.41, 5.74) is 0.885. The number of Topliss-reactive ketones (excluding diaryl/α,β-unsaturated/α-hetero) is 1. The van der Waals surface area contributed by atoms with Crippen LogP contribution in [0.15, 0.2) is 18.2 Å². The van der Waals surface area contributed by atoms with Crippen LogP contribution in [-0.4, -0.2) is 48.8 Å². The minimum absolute atomic E-state index is 0.104. The molecule has 20 heavy (non-hydrogen) atoms. The first kappa shape index (κ1) is 14.5. The third-order valence-corrected chi connectivity index (χ3v) is 3.64. The van der Waals surface area contributed by atoms with E-state index in [2.05, 4.69) is 16.8 Å². The van der Waals surface area contributed by atoms with Gasteiger partial charge in [0.15, 0.2) is 5.78 Å². The van der Waals surface area contributed by atoms with Crippen molar-refractivity contribution in [2.45, 2.75) is 13.3 Å². The van der Waals surface area contributed by atoms with Gasteiger partial charge >= 0.3 is 0 Å². The molecule has 1 aliphatic rings. The topological polar surface area (TPSA) is 66.7 Å². The van der Waals surface area contributed by atoms with Gasteiger partial charge < -0.3 is 9.80 Å². The number of nitrogens with zero attached hydrogens (tertiary/aromatic N) is 3. The largest absolute Gasteiger partial charge is 0.370 e. The lowest BCUT2D eigenvalue weighted by Gasteiger charge is -2.22. The highest BCUT2D eigenvalue weighted by Gasteiger charge is 2.20. The van der Waals surface area contributed by atoms with Crippen LogP contribution < -0.4 is 4.90 Å². The molecule has 0 aliphatic carbocycles. The summed E-state index contributed by atoms with van der Waals surface area (Å²) < 4.78 is 0. The lowest BCUT2D eigenvalue weighted by Crippen LogP contribution is -2.28. The molecule has 0 unspecified atom stereocenters. The fourth-order valence-corrected chi connectivity index (χ4v) is 2.47. The SMILES string of the molecule is CC(=O)c1ccc(N2CCCN(C)CC2)cc1[N+](=O)[O-]. The highest BCUT2D eigenvalue weighted by Crippen LogP contribution is 2.26. The van der Waals surface area contributed by atoms with E-state index in [1.165, 1.54) is 13.0 Å². The van der Waals surface area contributed by atoms with Crippen LogP contribution >= 0.6 is 0 Å². The van der Waals surface area contributed by atoms with Gasteiger partial charge in [-0.2, -0.15) is 0 Å². The van der Waals surface area contributed by atoms with Gasteiger partial charge in [-0.05, 0) is 39.1 Å². The molecule has 1 fully saturated rings. The zero-order chi connectivity index (χ0) is 14.7. The molecular formula is C14H19N3O3. The van der Waals surface area contributed by atoms with E-state index in [1.54, 1.807) is 12.1 Å². The molecular weight excluding hydrogens is 258 g/mol. The van der Waals surface area contributed by atoms with E-state index < -0.39 is 4.92 Å². The van der Waals surface area contributed by atoms with Gasteiger partial charge in [0.2, 0.25) is 0 Å². The van der Waals surface area contributed by atoms with Gasteiger partial charge in [-0.1, -0.05) is 0 Å². The standard InChI is InChI=1S/C14H19N3O3/c1-11(18)13-5-4-12(10-14(13)17(19)20)16-7-3-6-15(2)8-9-16/h4-5,10H,3,6-9H2,1-2H3. The van der Waals surface area contributed by atoms with Crippen LogP contribution in [0.2, 0.25) is 0 Å². The van der Waals surface area contributed by atoms with Crippen LogP contribution in [0, 0.1) is 10.1 Å². The maximum absolute atomic E-state index is 11.4. The quantitative estimate of drug-likeness (QED) is 0.480. The fourth-order valence-electron chi connectivity index (χ4n) is 2.47. The second kappa shape index (κ2) is 6.00. The van der Waals surface area contributed by atoms with E-state index in [9.17, 15) is 14.9 Å². The maximum Gasteiger partial charge on any atom is 0.282 e. The van der Waals surface area contributed by atoms with Crippen molar-refractivity contribution < 1.29 is 9.72 Å². The van der Waals surface area contributed by atoms with Crippen LogP contribution in [-0.2, 0) is 0 Å². The van der Waals surface area contributed by atoms with Crippen molar-refractivity contribution in [1.29, 1.82) is 0 Å². The molecule has 108 valence electrons. The van der Waals surface area contributed by atoms with E-state index in [0.717, 1.165) is 38.3 Å². The van der Waals surface area contributed by atoms with E-state index >= 15 is 0 Å². The molecule has 6 heteroatoms. The van der Waals surface area contributed by atoms with Crippen molar-refractivity contribution in [3.05, 3.63) is 33.9 Å². The average molecular weight is 277 g/mol. The molecule has 0 spiro atoms. The molecule has 2 rings (SSSR count). The fraction of sp³-hybridized carbons (Fsp3) is 0.500. The Hall–Kier alpha value is -1.95. The molecule has 0 atom stereocenters. The minimum Gasteiger partial charge on any atom is -0.370 e. The molecule has 1 aliphatic heterocycles. The third kappa shape index (κ3) is 3.14. The molecule has 1 saturated heterocycles. The van der Waals surface area contributed by atoms with Gasteiger partial charge in [-0.25, -0.2) is 0 Å². The molecule has 0 radical (unpaired) electrons. The summed E-state index contributed by atoms with van der Waals surface area (Å²) >= 11 is 0. The Morgan fingerprint density at radius 2 is 2.00 bits per heavy atom. The van der Waals surface area contributed by atoms with Gasteiger partial charge in [0.05, 0.1) is 10.5 Å². The van der Waals surface area contributed by atoms with E-state index in [0.29, 0.717) is 0 Å². The van der Waals surface area contributed by atoms with Gasteiger partial charge in [0.1, 0.15) is 0 Å². The Bertz CT molecular complexity index is 530. The number of nitro benzene ring substituents is 1. The Labute approximate surface area is 118 Å². The van der Waals surface area contributed by atoms with Crippen LogP contribution in [0.25, 0.3) is 0 Å². The summed E-state index contributed by atoms with van der Waals surface area (Å²) in [6.07, 6.45) is 1.03. The monoisotopic (exact) mass is 277 g/mol. The van der Waals surface area contributed by atoms with E-state index in [-0.39, 0.29) is 17.0 Å². The van der Waals surface area contributed by atoms with Crippen molar-refractivity contribution in [3.8, 4) is 0 Å². The molecule has 1 aromatic rings. The zero-order valence-corrected chi connectivity index (χ0v) is 11.8. The summed E-state index contributed by atoms with van der Waals surface area (Å²) in [4.78, 5) is 26.4. The smallest absolute Gasteiger partial charge is 0.282 e. The highest BCUT2D eigenvalue weighted by molar-refractivity contribution is 5.98. The van der Waals surface area contributed by atoms with Crippen molar-refractivity contribution >= 4 is 17.2 Å². The van der Waals surface area contributed by atoms with Gasteiger partial charge in [0, 0.05) is 31.4 Å². The second-order valence-electron chi connectivity index (χ2n) is 5.16. The normalized spacial score (nSPS) is 16.8. The Morgan fingerprint density at radius 1 is 1.25 bits per heavy atom. The van der Waals surface area contributed by atoms with Crippen molar-refractivity contribution in [2.24, 2.45) is 0 Å². The number of rotatable bonds is 3. The molecule has 6 nitrogen and oxygen atoms in total. The number of carbonyl (C=O) groups is 1. The Kier molecular flexibility index (Phi) is 4.34. The summed E-state index contributed by atoms with van der Waals surface area (Å²) in [6, 6.07) is 4.88. The molecule has 0 bridgehead atoms. The summed E-state index contributed by atoms with van der Waals surface area (Å²) in [6.45, 7) is 5.03. The molecule has 0 aromatic heterocycles. The van der Waals surface area contributed by atoms with Crippen molar-refractivity contribution in [3.63, 3.8) is 0 Å². The van der Waals surface area contributed by atoms with Gasteiger partial charge in [-0.3, -0.25) is 14.9 Å². The Balaban J connectivity index is 2.31. The predicted molar refractivity (Wildman–Crippen MR) is 77.4 cm³/mol. The zero-order valence-electron chi connectivity index (χ0n) is 11.8. The average Bonchev–Trinajstić information content (AvgIpc) is 2.62. The second-order valence-corrected chi connectivity index (χ2v) is 5.16. The molecule has 0 saturated carbocycles. The van der Waals surface area contributed by atoms with Crippen molar-refractivity contribution in [2.75, 3.05) is 38.1 Å². The molecule has 0 N–H and O–H groups in total. The predicted octanol–water partition coefficient (Wildman–Crippen LogP) is 1.94. The summed E-state index contributed by atoms with van der Waals surface area (Å²) in [5.74, 6) is -0.279. The maximum atomic E-state index is 11.4. The number of likely N-dealkylation sites (N-methyl/N-ethyl adjacent to an activating group) is 1. The van der Waals surface area contributed by atoms with Crippen LogP contribution in [0.5, 0.6) is 0 Å². The third-order valence-electron chi connectivity index (χ3n) is 3.64. The number of benzene rings is 1. The lowest BCUT2D eigenvalue weighted by atomic mass is 10.1. The van der Waals surface area contributed by atoms with Crippen LogP contribution in [0.4, 0.5) is 11.4 Å². The van der Waals surface area contributed by atoms with Crippen LogP contribution in [0.1, 0.15) is 23.7 Å². The van der Waals surface area contributed by atoms with E-state index in [1.807, 2.05) is 0 Å². The number of ketones is 1. The van der Waals surface area contributed by atoms with Crippen LogP contribution in [0.3, 0.4) is 0 Å².